The van der Waals surface area contributed by atoms with Gasteiger partial charge in [0.2, 0.25) is 0 Å². The van der Waals surface area contributed by atoms with Crippen LogP contribution in [-0.2, 0) is 0 Å². The summed E-state index contributed by atoms with van der Waals surface area (Å²) in [6, 6.07) is 1.52. The molecule has 2 unspecified atom stereocenters. The molecule has 0 aliphatic heterocycles. The number of rotatable bonds is 4. The number of aromatic amines is 1. The molecule has 2 fully saturated rings. The van der Waals surface area contributed by atoms with Crippen LogP contribution in [0.2, 0.25) is 0 Å². The van der Waals surface area contributed by atoms with E-state index in [0.29, 0.717) is 17.7 Å². The Bertz CT molecular complexity index is 496. The topological polar surface area (TPSA) is 78.0 Å². The molecular weight excluding hydrogens is 242 g/mol. The molecule has 0 amide bonds. The van der Waals surface area contributed by atoms with Crippen molar-refractivity contribution >= 4 is 5.82 Å². The normalized spacial score (nSPS) is 27.2. The summed E-state index contributed by atoms with van der Waals surface area (Å²) >= 11 is 0. The maximum Gasteiger partial charge on any atom is 0.252 e. The van der Waals surface area contributed by atoms with Gasteiger partial charge in [-0.1, -0.05) is 6.42 Å². The van der Waals surface area contributed by atoms with Gasteiger partial charge in [0.05, 0.1) is 6.10 Å². The lowest BCUT2D eigenvalue weighted by molar-refractivity contribution is 0.104. The minimum absolute atomic E-state index is 0.0805. The van der Waals surface area contributed by atoms with Gasteiger partial charge >= 0.3 is 0 Å². The Hall–Kier alpha value is -1.36. The van der Waals surface area contributed by atoms with Crippen LogP contribution in [0.15, 0.2) is 10.9 Å². The van der Waals surface area contributed by atoms with Crippen LogP contribution in [0, 0.1) is 5.92 Å². The number of hydrogen-bond acceptors (Lipinski definition) is 4. The third kappa shape index (κ3) is 3.35. The summed E-state index contributed by atoms with van der Waals surface area (Å²) in [6.45, 7) is 0.789. The molecule has 3 N–H and O–H groups in total. The Morgan fingerprint density at radius 1 is 1.37 bits per heavy atom. The Morgan fingerprint density at radius 2 is 2.21 bits per heavy atom. The summed E-state index contributed by atoms with van der Waals surface area (Å²) in [5, 5.41) is 12.9. The Morgan fingerprint density at radius 3 is 2.95 bits per heavy atom. The van der Waals surface area contributed by atoms with Gasteiger partial charge in [0, 0.05) is 18.5 Å². The SMILES string of the molecule is O=c1cc(NCC2CCCC(O)C2)nc(C2CC2)[nH]1. The van der Waals surface area contributed by atoms with Crippen LogP contribution in [0.25, 0.3) is 0 Å². The van der Waals surface area contributed by atoms with Crippen molar-refractivity contribution < 1.29 is 5.11 Å². The van der Waals surface area contributed by atoms with E-state index in [2.05, 4.69) is 15.3 Å². The van der Waals surface area contributed by atoms with Gasteiger partial charge < -0.3 is 15.4 Å². The molecule has 2 saturated carbocycles. The van der Waals surface area contributed by atoms with Crippen LogP contribution in [0.3, 0.4) is 0 Å². The number of aliphatic hydroxyl groups is 1. The summed E-state index contributed by atoms with van der Waals surface area (Å²) in [4.78, 5) is 18.8. The zero-order valence-corrected chi connectivity index (χ0v) is 11.1. The number of hydrogen-bond donors (Lipinski definition) is 3. The molecule has 1 heterocycles. The molecule has 2 atom stereocenters. The molecule has 2 aliphatic carbocycles. The predicted octanol–water partition coefficient (Wildman–Crippen LogP) is 1.61. The summed E-state index contributed by atoms with van der Waals surface area (Å²) in [5.74, 6) is 2.42. The number of nitrogens with zero attached hydrogens (tertiary/aromatic N) is 1. The average molecular weight is 263 g/mol. The summed E-state index contributed by atoms with van der Waals surface area (Å²) in [7, 11) is 0. The van der Waals surface area contributed by atoms with E-state index in [1.807, 2.05) is 0 Å². The van der Waals surface area contributed by atoms with Crippen LogP contribution in [0.4, 0.5) is 5.82 Å². The van der Waals surface area contributed by atoms with Gasteiger partial charge in [0.25, 0.3) is 5.56 Å². The van der Waals surface area contributed by atoms with E-state index in [9.17, 15) is 9.90 Å². The number of nitrogens with one attached hydrogen (secondary N) is 2. The largest absolute Gasteiger partial charge is 0.393 e. The van der Waals surface area contributed by atoms with Gasteiger partial charge in [-0.15, -0.1) is 0 Å². The fourth-order valence-electron chi connectivity index (χ4n) is 2.81. The third-order valence-electron chi connectivity index (χ3n) is 4.05. The van der Waals surface area contributed by atoms with E-state index >= 15 is 0 Å². The van der Waals surface area contributed by atoms with Gasteiger partial charge in [-0.25, -0.2) is 4.98 Å². The highest BCUT2D eigenvalue weighted by Crippen LogP contribution is 2.37. The zero-order chi connectivity index (χ0) is 13.2. The van der Waals surface area contributed by atoms with E-state index in [1.54, 1.807) is 0 Å². The molecule has 0 spiro atoms. The molecule has 0 aromatic carbocycles. The maximum absolute atomic E-state index is 11.6. The van der Waals surface area contributed by atoms with E-state index in [1.165, 1.54) is 6.07 Å². The Balaban J connectivity index is 1.61. The highest BCUT2D eigenvalue weighted by Gasteiger charge is 2.26. The molecule has 5 heteroatoms. The highest BCUT2D eigenvalue weighted by atomic mass is 16.3. The van der Waals surface area contributed by atoms with Crippen molar-refractivity contribution in [2.24, 2.45) is 5.92 Å². The van der Waals surface area contributed by atoms with Crippen LogP contribution in [0.1, 0.15) is 50.3 Å². The molecule has 0 bridgehead atoms. The lowest BCUT2D eigenvalue weighted by Gasteiger charge is -2.26. The van der Waals surface area contributed by atoms with Gasteiger partial charge in [-0.2, -0.15) is 0 Å². The van der Waals surface area contributed by atoms with E-state index < -0.39 is 0 Å². The van der Waals surface area contributed by atoms with Crippen molar-refractivity contribution in [3.63, 3.8) is 0 Å². The minimum Gasteiger partial charge on any atom is -0.393 e. The molecule has 104 valence electrons. The first-order valence-corrected chi connectivity index (χ1v) is 7.24. The second-order valence-corrected chi connectivity index (χ2v) is 5.86. The van der Waals surface area contributed by atoms with Crippen LogP contribution >= 0.6 is 0 Å². The number of anilines is 1. The van der Waals surface area contributed by atoms with Gasteiger partial charge in [0.15, 0.2) is 0 Å². The smallest absolute Gasteiger partial charge is 0.252 e. The monoisotopic (exact) mass is 263 g/mol. The number of H-pyrrole nitrogens is 1. The quantitative estimate of drug-likeness (QED) is 0.771. The summed E-state index contributed by atoms with van der Waals surface area (Å²) in [5.41, 5.74) is -0.0805. The molecular formula is C14H21N3O2. The average Bonchev–Trinajstić information content (AvgIpc) is 3.20. The molecule has 0 radical (unpaired) electrons. The first kappa shape index (κ1) is 12.7. The summed E-state index contributed by atoms with van der Waals surface area (Å²) in [6.07, 6.45) is 6.10. The Labute approximate surface area is 112 Å². The van der Waals surface area contributed by atoms with E-state index in [0.717, 1.165) is 50.9 Å². The van der Waals surface area contributed by atoms with Crippen LogP contribution < -0.4 is 10.9 Å². The standard InChI is InChI=1S/C14H21N3O2/c18-11-3-1-2-9(6-11)8-15-12-7-13(19)17-14(16-12)10-4-5-10/h7,9-11,18H,1-6,8H2,(H2,15,16,17,19). The van der Waals surface area contributed by atoms with Gasteiger partial charge in [0.1, 0.15) is 11.6 Å². The molecule has 19 heavy (non-hydrogen) atoms. The molecule has 0 saturated heterocycles. The maximum atomic E-state index is 11.6. The third-order valence-corrected chi connectivity index (χ3v) is 4.05. The number of aromatic nitrogens is 2. The lowest BCUT2D eigenvalue weighted by Crippen LogP contribution is -2.25. The molecule has 1 aromatic heterocycles. The van der Waals surface area contributed by atoms with Crippen LogP contribution in [0.5, 0.6) is 0 Å². The van der Waals surface area contributed by atoms with Crippen molar-refractivity contribution in [1.82, 2.24) is 9.97 Å². The summed E-state index contributed by atoms with van der Waals surface area (Å²) < 4.78 is 0. The van der Waals surface area contributed by atoms with Crippen molar-refractivity contribution in [3.8, 4) is 0 Å². The predicted molar refractivity (Wildman–Crippen MR) is 73.3 cm³/mol. The fourth-order valence-corrected chi connectivity index (χ4v) is 2.81. The minimum atomic E-state index is -0.158. The molecule has 2 aliphatic rings. The fraction of sp³-hybridized carbons (Fsp3) is 0.714. The van der Waals surface area contributed by atoms with Crippen molar-refractivity contribution in [2.45, 2.75) is 50.5 Å². The van der Waals surface area contributed by atoms with Crippen molar-refractivity contribution in [2.75, 3.05) is 11.9 Å². The molecule has 5 nitrogen and oxygen atoms in total. The lowest BCUT2D eigenvalue weighted by atomic mass is 9.87. The second-order valence-electron chi connectivity index (χ2n) is 5.86. The first-order valence-electron chi connectivity index (χ1n) is 7.24. The van der Waals surface area contributed by atoms with Crippen molar-refractivity contribution in [1.29, 1.82) is 0 Å². The van der Waals surface area contributed by atoms with E-state index in [4.69, 9.17) is 0 Å². The van der Waals surface area contributed by atoms with Crippen LogP contribution in [-0.4, -0.2) is 27.7 Å². The van der Waals surface area contributed by atoms with Crippen molar-refractivity contribution in [3.05, 3.63) is 22.2 Å². The molecule has 3 rings (SSSR count). The van der Waals surface area contributed by atoms with Gasteiger partial charge in [-0.3, -0.25) is 4.79 Å². The Kier molecular flexibility index (Phi) is 3.55. The highest BCUT2D eigenvalue weighted by molar-refractivity contribution is 5.34. The second kappa shape index (κ2) is 5.33. The van der Waals surface area contributed by atoms with Gasteiger partial charge in [-0.05, 0) is 38.0 Å². The first-order chi connectivity index (χ1) is 9.20. The number of aliphatic hydroxyl groups excluding tert-OH is 1. The molecule has 1 aromatic rings. The van der Waals surface area contributed by atoms with E-state index in [-0.39, 0.29) is 11.7 Å². The zero-order valence-electron chi connectivity index (χ0n) is 11.1.